The Balaban J connectivity index is 1.55. The highest BCUT2D eigenvalue weighted by molar-refractivity contribution is 5.92. The van der Waals surface area contributed by atoms with Gasteiger partial charge < -0.3 is 14.2 Å². The highest BCUT2D eigenvalue weighted by Crippen LogP contribution is 2.23. The van der Waals surface area contributed by atoms with Crippen LogP contribution >= 0.6 is 0 Å². The summed E-state index contributed by atoms with van der Waals surface area (Å²) in [6.07, 6.45) is 6.78. The van der Waals surface area contributed by atoms with Crippen molar-refractivity contribution in [3.63, 3.8) is 0 Å². The van der Waals surface area contributed by atoms with Gasteiger partial charge in [-0.3, -0.25) is 9.48 Å². The minimum Gasteiger partial charge on any atom is -0.383 e. The second-order valence-corrected chi connectivity index (χ2v) is 6.96. The van der Waals surface area contributed by atoms with Crippen LogP contribution in [0.5, 0.6) is 0 Å². The summed E-state index contributed by atoms with van der Waals surface area (Å²) in [6, 6.07) is 1.81. The molecule has 0 aliphatic carbocycles. The van der Waals surface area contributed by atoms with Crippen LogP contribution in [-0.2, 0) is 24.2 Å². The third-order valence-corrected chi connectivity index (χ3v) is 5.21. The third kappa shape index (κ3) is 4.15. The quantitative estimate of drug-likeness (QED) is 0.760. The van der Waals surface area contributed by atoms with E-state index >= 15 is 0 Å². The molecule has 3 heterocycles. The van der Waals surface area contributed by atoms with E-state index in [1.165, 1.54) is 5.69 Å². The van der Waals surface area contributed by atoms with E-state index in [1.807, 2.05) is 30.3 Å². The number of amides is 1. The largest absolute Gasteiger partial charge is 0.383 e. The molecular weight excluding hydrogens is 330 g/mol. The molecule has 0 bridgehead atoms. The average molecular weight is 359 g/mol. The normalized spacial score (nSPS) is 15.6. The predicted molar refractivity (Wildman–Crippen MR) is 99.1 cm³/mol. The molecule has 0 atom stereocenters. The molecule has 0 spiro atoms. The molecule has 1 aliphatic heterocycles. The van der Waals surface area contributed by atoms with Crippen LogP contribution in [0.1, 0.15) is 41.8 Å². The van der Waals surface area contributed by atoms with Gasteiger partial charge in [-0.2, -0.15) is 5.10 Å². The summed E-state index contributed by atoms with van der Waals surface area (Å²) in [7, 11) is 1.72. The number of aryl methyl sites for hydroxylation is 2. The molecule has 1 amide bonds. The Morgan fingerprint density at radius 3 is 2.77 bits per heavy atom. The summed E-state index contributed by atoms with van der Waals surface area (Å²) in [5, 5.41) is 4.33. The highest BCUT2D eigenvalue weighted by Gasteiger charge is 2.26. The van der Waals surface area contributed by atoms with Crippen LogP contribution in [0.2, 0.25) is 0 Å². The van der Waals surface area contributed by atoms with E-state index in [2.05, 4.69) is 21.6 Å². The van der Waals surface area contributed by atoms with E-state index in [4.69, 9.17) is 4.74 Å². The first-order valence-corrected chi connectivity index (χ1v) is 9.45. The Bertz CT molecular complexity index is 728. The van der Waals surface area contributed by atoms with E-state index in [9.17, 15) is 4.79 Å². The molecule has 0 N–H and O–H groups in total. The molecular formula is C19H29N5O2. The number of hydrogen-bond acceptors (Lipinski definition) is 4. The molecule has 3 rings (SSSR count). The van der Waals surface area contributed by atoms with Gasteiger partial charge in [0, 0.05) is 57.8 Å². The van der Waals surface area contributed by atoms with Crippen LogP contribution in [0.4, 0.5) is 0 Å². The van der Waals surface area contributed by atoms with Gasteiger partial charge >= 0.3 is 0 Å². The standard InChI is InChI=1S/C19H29N5O2/c1-4-23-10-7-17(21-23)19(25)22-8-5-16(6-9-22)13-18-20-14-15(2)24(18)11-12-26-3/h7,10,14,16H,4-6,8-9,11-13H2,1-3H3. The predicted octanol–water partition coefficient (Wildman–Crippen LogP) is 2.15. The van der Waals surface area contributed by atoms with Gasteiger partial charge in [0.25, 0.3) is 5.91 Å². The Kier molecular flexibility index (Phi) is 6.08. The molecule has 0 unspecified atom stereocenters. The number of piperidine rings is 1. The van der Waals surface area contributed by atoms with Crippen LogP contribution < -0.4 is 0 Å². The Labute approximate surface area is 155 Å². The van der Waals surface area contributed by atoms with Crippen LogP contribution in [-0.4, -0.2) is 56.9 Å². The van der Waals surface area contributed by atoms with E-state index < -0.39 is 0 Å². The maximum Gasteiger partial charge on any atom is 0.274 e. The van der Waals surface area contributed by atoms with Gasteiger partial charge in [0.1, 0.15) is 11.5 Å². The summed E-state index contributed by atoms with van der Waals surface area (Å²) in [6.45, 7) is 8.01. The van der Waals surface area contributed by atoms with Crippen LogP contribution in [0, 0.1) is 12.8 Å². The van der Waals surface area contributed by atoms with E-state index in [-0.39, 0.29) is 5.91 Å². The van der Waals surface area contributed by atoms with Gasteiger partial charge in [0.15, 0.2) is 0 Å². The lowest BCUT2D eigenvalue weighted by molar-refractivity contribution is 0.0682. The van der Waals surface area contributed by atoms with E-state index in [1.54, 1.807) is 11.8 Å². The van der Waals surface area contributed by atoms with Gasteiger partial charge in [-0.1, -0.05) is 0 Å². The molecule has 1 saturated heterocycles. The van der Waals surface area contributed by atoms with Gasteiger partial charge in [0.2, 0.25) is 0 Å². The number of ether oxygens (including phenoxy) is 1. The monoisotopic (exact) mass is 359 g/mol. The number of aromatic nitrogens is 4. The zero-order chi connectivity index (χ0) is 18.5. The fourth-order valence-electron chi connectivity index (χ4n) is 3.57. The Hall–Kier alpha value is -2.15. The molecule has 26 heavy (non-hydrogen) atoms. The molecule has 0 radical (unpaired) electrons. The zero-order valence-electron chi connectivity index (χ0n) is 16.0. The number of imidazole rings is 1. The summed E-state index contributed by atoms with van der Waals surface area (Å²) in [5.74, 6) is 1.74. The SMILES string of the molecule is CCn1ccc(C(=O)N2CCC(Cc3ncc(C)n3CCOC)CC2)n1. The number of rotatable bonds is 7. The van der Waals surface area contributed by atoms with Gasteiger partial charge in [-0.15, -0.1) is 0 Å². The molecule has 2 aromatic rings. The Morgan fingerprint density at radius 2 is 2.12 bits per heavy atom. The fraction of sp³-hybridized carbons (Fsp3) is 0.632. The number of likely N-dealkylation sites (tertiary alicyclic amines) is 1. The van der Waals surface area contributed by atoms with Crippen molar-refractivity contribution in [2.24, 2.45) is 5.92 Å². The summed E-state index contributed by atoms with van der Waals surface area (Å²) >= 11 is 0. The van der Waals surface area contributed by atoms with E-state index in [0.29, 0.717) is 18.2 Å². The van der Waals surface area contributed by atoms with Crippen LogP contribution in [0.3, 0.4) is 0 Å². The summed E-state index contributed by atoms with van der Waals surface area (Å²) in [5.41, 5.74) is 1.73. The topological polar surface area (TPSA) is 65.2 Å². The van der Waals surface area contributed by atoms with Crippen molar-refractivity contribution in [3.8, 4) is 0 Å². The molecule has 1 aliphatic rings. The second kappa shape index (κ2) is 8.49. The smallest absolute Gasteiger partial charge is 0.274 e. The average Bonchev–Trinajstić information content (AvgIpc) is 3.27. The molecule has 0 saturated carbocycles. The van der Waals surface area contributed by atoms with Crippen molar-refractivity contribution in [3.05, 3.63) is 35.7 Å². The minimum atomic E-state index is 0.0492. The summed E-state index contributed by atoms with van der Waals surface area (Å²) < 4.78 is 9.25. The first-order chi connectivity index (χ1) is 12.6. The number of carbonyl (C=O) groups is 1. The minimum absolute atomic E-state index is 0.0492. The number of methoxy groups -OCH3 is 1. The van der Waals surface area contributed by atoms with Crippen molar-refractivity contribution in [1.29, 1.82) is 0 Å². The maximum absolute atomic E-state index is 12.6. The van der Waals surface area contributed by atoms with Gasteiger partial charge in [0.05, 0.1) is 6.61 Å². The van der Waals surface area contributed by atoms with Crippen LogP contribution in [0.15, 0.2) is 18.5 Å². The maximum atomic E-state index is 12.6. The highest BCUT2D eigenvalue weighted by atomic mass is 16.5. The first-order valence-electron chi connectivity index (χ1n) is 9.45. The van der Waals surface area contributed by atoms with Crippen LogP contribution in [0.25, 0.3) is 0 Å². The van der Waals surface area contributed by atoms with Crippen molar-refractivity contribution >= 4 is 5.91 Å². The van der Waals surface area contributed by atoms with Gasteiger partial charge in [-0.05, 0) is 38.7 Å². The molecule has 0 aromatic carbocycles. The van der Waals surface area contributed by atoms with E-state index in [0.717, 1.165) is 51.3 Å². The lowest BCUT2D eigenvalue weighted by Gasteiger charge is -2.31. The zero-order valence-corrected chi connectivity index (χ0v) is 16.0. The van der Waals surface area contributed by atoms with Crippen molar-refractivity contribution < 1.29 is 9.53 Å². The van der Waals surface area contributed by atoms with Gasteiger partial charge in [-0.25, -0.2) is 4.98 Å². The first kappa shape index (κ1) is 18.6. The lowest BCUT2D eigenvalue weighted by Crippen LogP contribution is -2.39. The number of carbonyl (C=O) groups excluding carboxylic acids is 1. The van der Waals surface area contributed by atoms with Crippen molar-refractivity contribution in [2.75, 3.05) is 26.8 Å². The second-order valence-electron chi connectivity index (χ2n) is 6.96. The van der Waals surface area contributed by atoms with Crippen molar-refractivity contribution in [2.45, 2.75) is 46.2 Å². The number of hydrogen-bond donors (Lipinski definition) is 0. The Morgan fingerprint density at radius 1 is 1.35 bits per heavy atom. The van der Waals surface area contributed by atoms with Crippen molar-refractivity contribution in [1.82, 2.24) is 24.2 Å². The molecule has 7 heteroatoms. The number of nitrogens with zero attached hydrogens (tertiary/aromatic N) is 5. The molecule has 142 valence electrons. The third-order valence-electron chi connectivity index (χ3n) is 5.21. The molecule has 7 nitrogen and oxygen atoms in total. The fourth-order valence-corrected chi connectivity index (χ4v) is 3.57. The molecule has 1 fully saturated rings. The molecule has 2 aromatic heterocycles. The lowest BCUT2D eigenvalue weighted by atomic mass is 9.93. The summed E-state index contributed by atoms with van der Waals surface area (Å²) in [4.78, 5) is 19.1.